The number of nitrogens with one attached hydrogen (secondary N) is 1. The first kappa shape index (κ1) is 13.5. The molecule has 0 spiro atoms. The van der Waals surface area contributed by atoms with Crippen molar-refractivity contribution in [2.24, 2.45) is 5.92 Å². The lowest BCUT2D eigenvalue weighted by Crippen LogP contribution is -2.35. The van der Waals surface area contributed by atoms with Gasteiger partial charge in [-0.3, -0.25) is 0 Å². The number of hydrogen-bond donors (Lipinski definition) is 1. The molecule has 1 fully saturated rings. The summed E-state index contributed by atoms with van der Waals surface area (Å²) < 4.78 is 19.6. The van der Waals surface area contributed by atoms with Crippen LogP contribution in [0.15, 0.2) is 24.3 Å². The van der Waals surface area contributed by atoms with E-state index in [4.69, 9.17) is 4.74 Å². The van der Waals surface area contributed by atoms with Crippen LogP contribution < -0.4 is 5.32 Å². The lowest BCUT2D eigenvalue weighted by Gasteiger charge is -2.28. The van der Waals surface area contributed by atoms with Crippen LogP contribution in [0.25, 0.3) is 0 Å². The smallest absolute Gasteiger partial charge is 0.128 e. The Morgan fingerprint density at radius 2 is 2.11 bits per heavy atom. The van der Waals surface area contributed by atoms with Crippen molar-refractivity contribution in [1.29, 1.82) is 0 Å². The summed E-state index contributed by atoms with van der Waals surface area (Å²) in [6.45, 7) is 3.00. The Labute approximate surface area is 109 Å². The highest BCUT2D eigenvalue weighted by molar-refractivity contribution is 5.23. The molecule has 1 saturated carbocycles. The first-order valence-corrected chi connectivity index (χ1v) is 6.78. The molecule has 3 heteroatoms. The fourth-order valence-corrected chi connectivity index (χ4v) is 2.46. The van der Waals surface area contributed by atoms with E-state index in [-0.39, 0.29) is 18.0 Å². The van der Waals surface area contributed by atoms with Gasteiger partial charge in [0.2, 0.25) is 0 Å². The van der Waals surface area contributed by atoms with Gasteiger partial charge in [-0.25, -0.2) is 4.39 Å². The molecule has 0 saturated heterocycles. The third kappa shape index (κ3) is 3.09. The van der Waals surface area contributed by atoms with E-state index in [0.717, 1.165) is 18.5 Å². The van der Waals surface area contributed by atoms with E-state index in [1.807, 2.05) is 12.1 Å². The Morgan fingerprint density at radius 1 is 1.39 bits per heavy atom. The van der Waals surface area contributed by atoms with E-state index in [2.05, 4.69) is 12.2 Å². The summed E-state index contributed by atoms with van der Waals surface area (Å²) in [4.78, 5) is 0. The van der Waals surface area contributed by atoms with Crippen LogP contribution in [0.2, 0.25) is 0 Å². The first-order chi connectivity index (χ1) is 8.77. The Bertz CT molecular complexity index is 379. The molecule has 1 aliphatic carbocycles. The molecule has 1 N–H and O–H groups in total. The van der Waals surface area contributed by atoms with E-state index in [1.54, 1.807) is 13.2 Å². The highest BCUT2D eigenvalue weighted by atomic mass is 19.1. The number of rotatable bonds is 7. The Morgan fingerprint density at radius 3 is 2.67 bits per heavy atom. The molecule has 0 amide bonds. The summed E-state index contributed by atoms with van der Waals surface area (Å²) in [5.41, 5.74) is 0.727. The molecule has 1 aromatic rings. The molecule has 18 heavy (non-hydrogen) atoms. The van der Waals surface area contributed by atoms with Gasteiger partial charge in [-0.2, -0.15) is 0 Å². The van der Waals surface area contributed by atoms with E-state index in [1.165, 1.54) is 18.9 Å². The van der Waals surface area contributed by atoms with Gasteiger partial charge in [0.05, 0.1) is 12.1 Å². The lowest BCUT2D eigenvalue weighted by molar-refractivity contribution is 0.0496. The van der Waals surface area contributed by atoms with Crippen molar-refractivity contribution in [3.63, 3.8) is 0 Å². The molecular weight excluding hydrogens is 229 g/mol. The van der Waals surface area contributed by atoms with Gasteiger partial charge in [0.25, 0.3) is 0 Å². The minimum absolute atomic E-state index is 0.0383. The second kappa shape index (κ2) is 6.30. The highest BCUT2D eigenvalue weighted by Gasteiger charge is 2.38. The standard InChI is InChI=1S/C15H22FNO/c1-3-10-17-14(15(18-2)11-8-9-11)12-6-4-5-7-13(12)16/h4-7,11,14-15,17H,3,8-10H2,1-2H3. The fraction of sp³-hybridized carbons (Fsp3) is 0.600. The van der Waals surface area contributed by atoms with Crippen LogP contribution in [0.5, 0.6) is 0 Å². The van der Waals surface area contributed by atoms with Crippen molar-refractivity contribution >= 4 is 0 Å². The van der Waals surface area contributed by atoms with Crippen LogP contribution in [0, 0.1) is 11.7 Å². The molecule has 100 valence electrons. The maximum Gasteiger partial charge on any atom is 0.128 e. The maximum atomic E-state index is 14.0. The molecule has 0 aromatic heterocycles. The monoisotopic (exact) mass is 251 g/mol. The number of hydrogen-bond acceptors (Lipinski definition) is 2. The van der Waals surface area contributed by atoms with Crippen molar-refractivity contribution in [2.45, 2.75) is 38.3 Å². The average Bonchev–Trinajstić information content (AvgIpc) is 3.20. The largest absolute Gasteiger partial charge is 0.379 e. The summed E-state index contributed by atoms with van der Waals surface area (Å²) >= 11 is 0. The molecule has 2 nitrogen and oxygen atoms in total. The highest BCUT2D eigenvalue weighted by Crippen LogP contribution is 2.40. The van der Waals surface area contributed by atoms with E-state index >= 15 is 0 Å². The van der Waals surface area contributed by atoms with Crippen LogP contribution in [-0.4, -0.2) is 19.8 Å². The summed E-state index contributed by atoms with van der Waals surface area (Å²) in [6.07, 6.45) is 3.49. The van der Waals surface area contributed by atoms with Crippen molar-refractivity contribution in [1.82, 2.24) is 5.32 Å². The number of methoxy groups -OCH3 is 1. The summed E-state index contributed by atoms with van der Waals surface area (Å²) in [5.74, 6) is 0.428. The molecule has 2 atom stereocenters. The molecule has 1 aromatic carbocycles. The quantitative estimate of drug-likeness (QED) is 0.803. The van der Waals surface area contributed by atoms with Gasteiger partial charge >= 0.3 is 0 Å². The van der Waals surface area contributed by atoms with Crippen LogP contribution in [0.3, 0.4) is 0 Å². The van der Waals surface area contributed by atoms with Crippen LogP contribution >= 0.6 is 0 Å². The van der Waals surface area contributed by atoms with Gasteiger partial charge in [0.15, 0.2) is 0 Å². The average molecular weight is 251 g/mol. The molecule has 0 bridgehead atoms. The molecule has 2 rings (SSSR count). The predicted molar refractivity (Wildman–Crippen MR) is 71.0 cm³/mol. The molecule has 1 aliphatic rings. The van der Waals surface area contributed by atoms with Gasteiger partial charge in [-0.1, -0.05) is 25.1 Å². The predicted octanol–water partition coefficient (Wildman–Crippen LogP) is 3.29. The van der Waals surface area contributed by atoms with Crippen LogP contribution in [0.4, 0.5) is 4.39 Å². The van der Waals surface area contributed by atoms with Gasteiger partial charge in [0, 0.05) is 12.7 Å². The Balaban J connectivity index is 2.20. The summed E-state index contributed by atoms with van der Waals surface area (Å²) in [6, 6.07) is 6.96. The Hall–Kier alpha value is -0.930. The number of benzene rings is 1. The number of halogens is 1. The zero-order chi connectivity index (χ0) is 13.0. The maximum absolute atomic E-state index is 14.0. The minimum Gasteiger partial charge on any atom is -0.379 e. The Kier molecular flexibility index (Phi) is 4.72. The van der Waals surface area contributed by atoms with Crippen molar-refractivity contribution in [3.8, 4) is 0 Å². The van der Waals surface area contributed by atoms with E-state index in [0.29, 0.717) is 5.92 Å². The van der Waals surface area contributed by atoms with E-state index < -0.39 is 0 Å². The second-order valence-electron chi connectivity index (χ2n) is 4.99. The molecular formula is C15H22FNO. The van der Waals surface area contributed by atoms with Gasteiger partial charge in [-0.05, 0) is 37.8 Å². The molecule has 0 heterocycles. The second-order valence-corrected chi connectivity index (χ2v) is 4.99. The zero-order valence-electron chi connectivity index (χ0n) is 11.2. The van der Waals surface area contributed by atoms with Crippen LogP contribution in [-0.2, 0) is 4.74 Å². The van der Waals surface area contributed by atoms with Crippen LogP contribution in [0.1, 0.15) is 37.8 Å². The summed E-state index contributed by atoms with van der Waals surface area (Å²) in [7, 11) is 1.73. The first-order valence-electron chi connectivity index (χ1n) is 6.78. The van der Waals surface area contributed by atoms with Gasteiger partial charge in [-0.15, -0.1) is 0 Å². The van der Waals surface area contributed by atoms with Gasteiger partial charge in [0.1, 0.15) is 5.82 Å². The molecule has 2 unspecified atom stereocenters. The van der Waals surface area contributed by atoms with Crippen molar-refractivity contribution < 1.29 is 9.13 Å². The third-order valence-electron chi connectivity index (χ3n) is 3.54. The molecule has 0 aliphatic heterocycles. The summed E-state index contributed by atoms with van der Waals surface area (Å²) in [5, 5.41) is 3.43. The fourth-order valence-electron chi connectivity index (χ4n) is 2.46. The van der Waals surface area contributed by atoms with Crippen molar-refractivity contribution in [2.75, 3.05) is 13.7 Å². The minimum atomic E-state index is -0.145. The SMILES string of the molecule is CCCNC(c1ccccc1F)C(OC)C1CC1. The topological polar surface area (TPSA) is 21.3 Å². The third-order valence-corrected chi connectivity index (χ3v) is 3.54. The van der Waals surface area contributed by atoms with Crippen molar-refractivity contribution in [3.05, 3.63) is 35.6 Å². The normalized spacial score (nSPS) is 18.6. The van der Waals surface area contributed by atoms with Gasteiger partial charge < -0.3 is 10.1 Å². The lowest BCUT2D eigenvalue weighted by atomic mass is 9.97. The zero-order valence-corrected chi connectivity index (χ0v) is 11.2. The van der Waals surface area contributed by atoms with E-state index in [9.17, 15) is 4.39 Å². The molecule has 0 radical (unpaired) electrons. The number of ether oxygens (including phenoxy) is 1.